The number of nitrogens with two attached hydrogens (primary N) is 1. The summed E-state index contributed by atoms with van der Waals surface area (Å²) in [6, 6.07) is 17.1. The molecule has 38 heavy (non-hydrogen) atoms. The lowest BCUT2D eigenvalue weighted by Gasteiger charge is -2.34. The predicted octanol–water partition coefficient (Wildman–Crippen LogP) is 5.88. The molecule has 0 bridgehead atoms. The Morgan fingerprint density at radius 2 is 1.84 bits per heavy atom. The second-order valence-corrected chi connectivity index (χ2v) is 10.3. The number of piperidine rings is 1. The fraction of sp³-hybridized carbons (Fsp3) is 0.310. The number of nitrogen functional groups attached to an aromatic ring is 1. The molecule has 1 fully saturated rings. The van der Waals surface area contributed by atoms with Crippen molar-refractivity contribution in [2.45, 2.75) is 45.3 Å². The number of fused-ring (bicyclic) bond motifs is 1. The zero-order valence-corrected chi connectivity index (χ0v) is 21.8. The van der Waals surface area contributed by atoms with Crippen molar-refractivity contribution in [1.82, 2.24) is 19.9 Å². The van der Waals surface area contributed by atoms with Crippen LogP contribution in [0.1, 0.15) is 33.6 Å². The van der Waals surface area contributed by atoms with Crippen LogP contribution >= 0.6 is 0 Å². The summed E-state index contributed by atoms with van der Waals surface area (Å²) in [5.74, 6) is 1.57. The average Bonchev–Trinajstić information content (AvgIpc) is 2.90. The highest BCUT2D eigenvalue weighted by Crippen LogP contribution is 2.36. The average molecular weight is 513 g/mol. The third-order valence-corrected chi connectivity index (χ3v) is 6.23. The number of carbonyl (C=O) groups excluding carboxylic acids is 1. The van der Waals surface area contributed by atoms with Crippen LogP contribution in [0.3, 0.4) is 0 Å². The predicted molar refractivity (Wildman–Crippen MR) is 148 cm³/mol. The molecule has 2 aromatic carbocycles. The van der Waals surface area contributed by atoms with Crippen molar-refractivity contribution in [3.63, 3.8) is 0 Å². The summed E-state index contributed by atoms with van der Waals surface area (Å²) in [5, 5.41) is 5.22. The highest BCUT2D eigenvalue weighted by atomic mass is 16.6. The van der Waals surface area contributed by atoms with Crippen LogP contribution in [0.2, 0.25) is 0 Å². The number of aromatic nitrogens is 3. The number of amides is 1. The second-order valence-electron chi connectivity index (χ2n) is 10.3. The van der Waals surface area contributed by atoms with Crippen LogP contribution in [0.4, 0.5) is 16.4 Å². The van der Waals surface area contributed by atoms with Crippen molar-refractivity contribution < 1.29 is 14.3 Å². The summed E-state index contributed by atoms with van der Waals surface area (Å²) < 4.78 is 11.8. The largest absolute Gasteiger partial charge is 0.444 e. The Morgan fingerprint density at radius 3 is 2.66 bits per heavy atom. The molecule has 3 N–H and O–H groups in total. The van der Waals surface area contributed by atoms with Crippen molar-refractivity contribution in [2.75, 3.05) is 24.1 Å². The number of hydrogen-bond donors (Lipinski definition) is 2. The van der Waals surface area contributed by atoms with E-state index in [9.17, 15) is 4.79 Å². The van der Waals surface area contributed by atoms with E-state index in [0.29, 0.717) is 42.0 Å². The summed E-state index contributed by atoms with van der Waals surface area (Å²) in [7, 11) is 0. The van der Waals surface area contributed by atoms with E-state index in [0.717, 1.165) is 29.2 Å². The number of anilines is 2. The van der Waals surface area contributed by atoms with Crippen LogP contribution in [0.5, 0.6) is 11.6 Å². The molecule has 1 amide bonds. The first-order chi connectivity index (χ1) is 18.3. The van der Waals surface area contributed by atoms with Crippen LogP contribution < -0.4 is 15.8 Å². The maximum absolute atomic E-state index is 12.6. The van der Waals surface area contributed by atoms with E-state index < -0.39 is 5.60 Å². The van der Waals surface area contributed by atoms with Gasteiger partial charge in [0, 0.05) is 48.0 Å². The molecule has 1 aliphatic rings. The minimum absolute atomic E-state index is 0.0114. The fourth-order valence-electron chi connectivity index (χ4n) is 4.50. The van der Waals surface area contributed by atoms with E-state index in [-0.39, 0.29) is 12.1 Å². The van der Waals surface area contributed by atoms with Gasteiger partial charge < -0.3 is 25.4 Å². The minimum Gasteiger partial charge on any atom is -0.444 e. The maximum Gasteiger partial charge on any atom is 0.410 e. The van der Waals surface area contributed by atoms with Crippen molar-refractivity contribution in [3.8, 4) is 22.9 Å². The number of carbonyl (C=O) groups is 1. The first-order valence-corrected chi connectivity index (χ1v) is 12.7. The van der Waals surface area contributed by atoms with Crippen molar-refractivity contribution in [1.29, 1.82) is 0 Å². The van der Waals surface area contributed by atoms with Crippen LogP contribution in [0.15, 0.2) is 67.0 Å². The third-order valence-electron chi connectivity index (χ3n) is 6.23. The molecular weight excluding hydrogens is 480 g/mol. The van der Waals surface area contributed by atoms with Gasteiger partial charge in [0.15, 0.2) is 0 Å². The Hall–Kier alpha value is -4.40. The van der Waals surface area contributed by atoms with Gasteiger partial charge in [-0.05, 0) is 63.9 Å². The molecule has 0 unspecified atom stereocenters. The summed E-state index contributed by atoms with van der Waals surface area (Å²) >= 11 is 0. The standard InChI is InChI=1S/C29H32N6O3/c1-29(2,3)38-28(36)35-17-7-8-19(18-35)33-27-32-16-14-24(34-27)22-11-6-15-31-26(22)37-25-13-12-23(30)20-9-4-5-10-21(20)25/h4-6,9-16,19H,7-8,17-18,30H2,1-3H3,(H,32,33,34)/t19-/m1/s1. The molecule has 5 rings (SSSR count). The van der Waals surface area contributed by atoms with Gasteiger partial charge in [0.1, 0.15) is 11.4 Å². The molecule has 0 saturated carbocycles. The Balaban J connectivity index is 1.35. The molecule has 0 aliphatic carbocycles. The first-order valence-electron chi connectivity index (χ1n) is 12.7. The molecule has 1 atom stereocenters. The molecule has 196 valence electrons. The fourth-order valence-corrected chi connectivity index (χ4v) is 4.50. The van der Waals surface area contributed by atoms with E-state index >= 15 is 0 Å². The lowest BCUT2D eigenvalue weighted by Crippen LogP contribution is -2.47. The Labute approximate surface area is 222 Å². The second kappa shape index (κ2) is 10.5. The summed E-state index contributed by atoms with van der Waals surface area (Å²) in [6.45, 7) is 6.81. The zero-order valence-electron chi connectivity index (χ0n) is 21.8. The van der Waals surface area contributed by atoms with Crippen LogP contribution in [0, 0.1) is 0 Å². The van der Waals surface area contributed by atoms with Crippen molar-refractivity contribution >= 4 is 28.5 Å². The molecule has 3 heterocycles. The van der Waals surface area contributed by atoms with Crippen LogP contribution in [-0.2, 0) is 4.74 Å². The highest BCUT2D eigenvalue weighted by molar-refractivity contribution is 5.97. The monoisotopic (exact) mass is 512 g/mol. The number of benzene rings is 2. The zero-order chi connectivity index (χ0) is 26.7. The molecule has 0 spiro atoms. The SMILES string of the molecule is CC(C)(C)OC(=O)N1CCC[C@@H](Nc2nccc(-c3cccnc3Oc3ccc(N)c4ccccc34)n2)C1. The van der Waals surface area contributed by atoms with E-state index in [4.69, 9.17) is 20.2 Å². The molecule has 1 aliphatic heterocycles. The van der Waals surface area contributed by atoms with Gasteiger partial charge in [-0.15, -0.1) is 0 Å². The highest BCUT2D eigenvalue weighted by Gasteiger charge is 2.28. The number of likely N-dealkylation sites (tertiary alicyclic amines) is 1. The van der Waals surface area contributed by atoms with E-state index in [2.05, 4.69) is 15.3 Å². The van der Waals surface area contributed by atoms with Gasteiger partial charge >= 0.3 is 6.09 Å². The van der Waals surface area contributed by atoms with Crippen LogP contribution in [0.25, 0.3) is 22.0 Å². The number of pyridine rings is 1. The molecule has 0 radical (unpaired) electrons. The van der Waals surface area contributed by atoms with Crippen molar-refractivity contribution in [3.05, 3.63) is 67.0 Å². The summed E-state index contributed by atoms with van der Waals surface area (Å²) in [4.78, 5) is 28.0. The topological polar surface area (TPSA) is 115 Å². The van der Waals surface area contributed by atoms with E-state index in [1.165, 1.54) is 0 Å². The number of hydrogen-bond acceptors (Lipinski definition) is 8. The molecule has 9 heteroatoms. The third kappa shape index (κ3) is 5.77. The Morgan fingerprint density at radius 1 is 1.03 bits per heavy atom. The number of nitrogens with zero attached hydrogens (tertiary/aromatic N) is 4. The summed E-state index contributed by atoms with van der Waals surface area (Å²) in [5.41, 5.74) is 7.72. The Kier molecular flexibility index (Phi) is 7.00. The maximum atomic E-state index is 12.6. The van der Waals surface area contributed by atoms with Gasteiger partial charge in [-0.3, -0.25) is 0 Å². The minimum atomic E-state index is -0.531. The number of nitrogens with one attached hydrogen (secondary N) is 1. The molecule has 9 nitrogen and oxygen atoms in total. The number of ether oxygens (including phenoxy) is 2. The number of rotatable bonds is 5. The van der Waals surface area contributed by atoms with Gasteiger partial charge in [-0.2, -0.15) is 0 Å². The first kappa shape index (κ1) is 25.3. The molecular formula is C29H32N6O3. The van der Waals surface area contributed by atoms with E-state index in [1.54, 1.807) is 17.3 Å². The Bertz CT molecular complexity index is 1450. The quantitative estimate of drug-likeness (QED) is 0.319. The van der Waals surface area contributed by atoms with Gasteiger partial charge in [-0.25, -0.2) is 19.7 Å². The van der Waals surface area contributed by atoms with E-state index in [1.807, 2.05) is 75.4 Å². The summed E-state index contributed by atoms with van der Waals surface area (Å²) in [6.07, 6.45) is 4.86. The molecule has 4 aromatic rings. The molecule has 2 aromatic heterocycles. The lowest BCUT2D eigenvalue weighted by molar-refractivity contribution is 0.0206. The smallest absolute Gasteiger partial charge is 0.410 e. The van der Waals surface area contributed by atoms with Gasteiger partial charge in [0.25, 0.3) is 0 Å². The molecule has 1 saturated heterocycles. The lowest BCUT2D eigenvalue weighted by atomic mass is 10.1. The van der Waals surface area contributed by atoms with Gasteiger partial charge in [-0.1, -0.05) is 24.3 Å². The van der Waals surface area contributed by atoms with Gasteiger partial charge in [0.2, 0.25) is 11.8 Å². The normalized spacial score (nSPS) is 15.8. The van der Waals surface area contributed by atoms with Crippen LogP contribution in [-0.4, -0.2) is 50.7 Å². The van der Waals surface area contributed by atoms with Gasteiger partial charge in [0.05, 0.1) is 11.3 Å². The van der Waals surface area contributed by atoms with Crippen molar-refractivity contribution in [2.24, 2.45) is 0 Å².